The lowest BCUT2D eigenvalue weighted by molar-refractivity contribution is -0.119. The Hall–Kier alpha value is -3.07. The number of aryl methyl sites for hydroxylation is 1. The molecular formula is C26H36N2O6S. The van der Waals surface area contributed by atoms with E-state index in [0.29, 0.717) is 12.8 Å². The summed E-state index contributed by atoms with van der Waals surface area (Å²) in [6.07, 6.45) is 10.9. The zero-order valence-electron chi connectivity index (χ0n) is 20.9. The number of carbonyl (C=O) groups excluding carboxylic acids is 1. The lowest BCUT2D eigenvalue weighted by Crippen LogP contribution is -2.32. The second-order valence-corrected chi connectivity index (χ2v) is 10.5. The van der Waals surface area contributed by atoms with Gasteiger partial charge in [-0.25, -0.2) is 18.1 Å². The van der Waals surface area contributed by atoms with Gasteiger partial charge in [0.15, 0.2) is 0 Å². The number of phenols is 2. The van der Waals surface area contributed by atoms with Crippen molar-refractivity contribution in [2.45, 2.75) is 84.0 Å². The Kier molecular flexibility index (Phi) is 10.6. The summed E-state index contributed by atoms with van der Waals surface area (Å²) in [5.41, 5.74) is 2.65. The zero-order valence-corrected chi connectivity index (χ0v) is 21.7. The first-order valence-electron chi connectivity index (χ1n) is 11.8. The minimum Gasteiger partial charge on any atom is -0.508 e. The monoisotopic (exact) mass is 504 g/mol. The maximum absolute atomic E-state index is 13.2. The number of hydrogen-bond acceptors (Lipinski definition) is 7. The van der Waals surface area contributed by atoms with E-state index >= 15 is 0 Å². The summed E-state index contributed by atoms with van der Waals surface area (Å²) in [7, 11) is -4.42. The van der Waals surface area contributed by atoms with Crippen molar-refractivity contribution in [2.24, 2.45) is 0 Å². The highest BCUT2D eigenvalue weighted by molar-refractivity contribution is 7.90. The lowest BCUT2D eigenvalue weighted by atomic mass is 10.00. The molecular weight excluding hydrogens is 468 g/mol. The third-order valence-electron chi connectivity index (χ3n) is 5.52. The number of sulfonamides is 1. The summed E-state index contributed by atoms with van der Waals surface area (Å²) in [4.78, 5) is 15.8. The van der Waals surface area contributed by atoms with Crippen LogP contribution in [0.5, 0.6) is 11.5 Å². The second kappa shape index (κ2) is 13.1. The molecule has 9 heteroatoms. The number of unbranched alkanes of at least 4 members (excludes halogenated alkanes) is 2. The fourth-order valence-corrected chi connectivity index (χ4v) is 5.02. The minimum absolute atomic E-state index is 0.0743. The summed E-state index contributed by atoms with van der Waals surface area (Å²) in [5, 5.41) is 21.6. The highest BCUT2D eigenvalue weighted by Gasteiger charge is 2.29. The molecule has 0 saturated heterocycles. The summed E-state index contributed by atoms with van der Waals surface area (Å²) in [5.74, 6) is -1.48. The van der Waals surface area contributed by atoms with E-state index in [9.17, 15) is 23.4 Å². The van der Waals surface area contributed by atoms with Gasteiger partial charge in [0.2, 0.25) is 11.8 Å². The quantitative estimate of drug-likeness (QED) is 0.255. The SMILES string of the molecule is CCCCCc1cc(O)c(CC=C(C)CCC=C(C)C)c(O)c1S(=O)(=O)NC(=O)Cc1ncco1. The van der Waals surface area contributed by atoms with Crippen molar-refractivity contribution in [1.29, 1.82) is 0 Å². The van der Waals surface area contributed by atoms with Gasteiger partial charge in [-0.3, -0.25) is 4.79 Å². The Bertz CT molecular complexity index is 1160. The Balaban J connectivity index is 2.38. The van der Waals surface area contributed by atoms with Gasteiger partial charge in [-0.1, -0.05) is 43.1 Å². The number of oxazole rings is 1. The predicted octanol–water partition coefficient (Wildman–Crippen LogP) is 5.10. The number of allylic oxidation sites excluding steroid dienone is 4. The third-order valence-corrected chi connectivity index (χ3v) is 7.01. The molecule has 0 aliphatic heterocycles. The fraction of sp³-hybridized carbons (Fsp3) is 0.462. The van der Waals surface area contributed by atoms with Crippen LogP contribution in [0.3, 0.4) is 0 Å². The van der Waals surface area contributed by atoms with Crippen LogP contribution in [-0.2, 0) is 34.1 Å². The molecule has 0 aliphatic rings. The molecule has 0 fully saturated rings. The van der Waals surface area contributed by atoms with Crippen LogP contribution in [0.1, 0.15) is 76.8 Å². The van der Waals surface area contributed by atoms with Crippen LogP contribution >= 0.6 is 0 Å². The molecule has 0 radical (unpaired) electrons. The molecule has 0 saturated carbocycles. The molecule has 0 unspecified atom stereocenters. The van der Waals surface area contributed by atoms with Crippen LogP contribution in [0, 0.1) is 0 Å². The van der Waals surface area contributed by atoms with Gasteiger partial charge in [0.1, 0.15) is 29.1 Å². The van der Waals surface area contributed by atoms with Crippen LogP contribution in [0.15, 0.2) is 51.1 Å². The van der Waals surface area contributed by atoms with Gasteiger partial charge in [0.25, 0.3) is 10.0 Å². The van der Waals surface area contributed by atoms with Crippen LogP contribution in [0.25, 0.3) is 0 Å². The molecule has 0 aliphatic carbocycles. The van der Waals surface area contributed by atoms with Crippen molar-refractivity contribution in [3.8, 4) is 11.5 Å². The molecule has 35 heavy (non-hydrogen) atoms. The number of amides is 1. The number of carbonyl (C=O) groups is 1. The van der Waals surface area contributed by atoms with Gasteiger partial charge in [-0.15, -0.1) is 0 Å². The molecule has 8 nitrogen and oxygen atoms in total. The molecule has 0 atom stereocenters. The first-order valence-corrected chi connectivity index (χ1v) is 13.3. The fourth-order valence-electron chi connectivity index (χ4n) is 3.66. The maximum Gasteiger partial charge on any atom is 0.268 e. The minimum atomic E-state index is -4.42. The second-order valence-electron chi connectivity index (χ2n) is 8.87. The van der Waals surface area contributed by atoms with Gasteiger partial charge in [-0.2, -0.15) is 0 Å². The number of nitrogens with zero attached hydrogens (tertiary/aromatic N) is 1. The number of aromatic nitrogens is 1. The normalized spacial score (nSPS) is 11.9. The van der Waals surface area contributed by atoms with Crippen LogP contribution in [0.4, 0.5) is 0 Å². The van der Waals surface area contributed by atoms with Crippen molar-refractivity contribution in [2.75, 3.05) is 0 Å². The van der Waals surface area contributed by atoms with Crippen molar-refractivity contribution < 1.29 is 27.8 Å². The number of rotatable bonds is 13. The Morgan fingerprint density at radius 2 is 1.91 bits per heavy atom. The van der Waals surface area contributed by atoms with Gasteiger partial charge >= 0.3 is 0 Å². The van der Waals surface area contributed by atoms with Crippen molar-refractivity contribution in [3.63, 3.8) is 0 Å². The number of nitrogens with one attached hydrogen (secondary N) is 1. The summed E-state index contributed by atoms with van der Waals surface area (Å²) in [6, 6.07) is 1.38. The third kappa shape index (κ3) is 8.58. The molecule has 1 amide bonds. The van der Waals surface area contributed by atoms with Gasteiger partial charge in [-0.05, 0) is 64.5 Å². The number of hydrogen-bond donors (Lipinski definition) is 3. The Labute approximate surface area is 207 Å². The van der Waals surface area contributed by atoms with E-state index in [1.807, 2.05) is 38.5 Å². The topological polar surface area (TPSA) is 130 Å². The Morgan fingerprint density at radius 3 is 2.54 bits per heavy atom. The largest absolute Gasteiger partial charge is 0.508 e. The van der Waals surface area contributed by atoms with E-state index in [1.165, 1.54) is 24.1 Å². The van der Waals surface area contributed by atoms with E-state index in [0.717, 1.165) is 31.3 Å². The maximum atomic E-state index is 13.2. The summed E-state index contributed by atoms with van der Waals surface area (Å²) >= 11 is 0. The van der Waals surface area contributed by atoms with E-state index in [4.69, 9.17) is 4.42 Å². The number of phenolic OH excluding ortho intramolecular Hbond substituents is 2. The highest BCUT2D eigenvalue weighted by atomic mass is 32.2. The molecule has 1 aromatic heterocycles. The molecule has 1 aromatic carbocycles. The molecule has 3 N–H and O–H groups in total. The van der Waals surface area contributed by atoms with Crippen LogP contribution in [-0.4, -0.2) is 29.5 Å². The van der Waals surface area contributed by atoms with Crippen LogP contribution in [0.2, 0.25) is 0 Å². The lowest BCUT2D eigenvalue weighted by Gasteiger charge is -2.17. The molecule has 1 heterocycles. The van der Waals surface area contributed by atoms with E-state index in [2.05, 4.69) is 11.1 Å². The van der Waals surface area contributed by atoms with E-state index < -0.39 is 21.7 Å². The standard InChI is InChI=1S/C26H36N2O6S/c1-5-6-7-11-20-16-22(29)21(13-12-19(4)10-8-9-18(2)3)25(31)26(20)35(32,33)28-23(30)17-24-27-14-15-34-24/h9,12,14-16,29,31H,5-8,10-11,13,17H2,1-4H3,(H,28,30). The molecule has 2 aromatic rings. The van der Waals surface area contributed by atoms with Gasteiger partial charge in [0, 0.05) is 5.56 Å². The van der Waals surface area contributed by atoms with Crippen LogP contribution < -0.4 is 4.72 Å². The average molecular weight is 505 g/mol. The van der Waals surface area contributed by atoms with E-state index in [1.54, 1.807) is 0 Å². The molecule has 192 valence electrons. The first kappa shape index (κ1) is 28.2. The van der Waals surface area contributed by atoms with Crippen molar-refractivity contribution >= 4 is 15.9 Å². The highest BCUT2D eigenvalue weighted by Crippen LogP contribution is 2.38. The number of aromatic hydroxyl groups is 2. The van der Waals surface area contributed by atoms with E-state index in [-0.39, 0.29) is 40.5 Å². The number of benzene rings is 1. The molecule has 2 rings (SSSR count). The zero-order chi connectivity index (χ0) is 26.0. The molecule has 0 spiro atoms. The summed E-state index contributed by atoms with van der Waals surface area (Å²) in [6.45, 7) is 8.03. The van der Waals surface area contributed by atoms with Crippen molar-refractivity contribution in [1.82, 2.24) is 9.71 Å². The van der Waals surface area contributed by atoms with Gasteiger partial charge in [0.05, 0.1) is 6.20 Å². The first-order chi connectivity index (χ1) is 16.5. The smallest absolute Gasteiger partial charge is 0.268 e. The molecule has 0 bridgehead atoms. The Morgan fingerprint density at radius 1 is 1.17 bits per heavy atom. The van der Waals surface area contributed by atoms with Crippen molar-refractivity contribution in [3.05, 3.63) is 58.8 Å². The average Bonchev–Trinajstić information content (AvgIpc) is 3.25. The predicted molar refractivity (Wildman–Crippen MR) is 135 cm³/mol. The summed E-state index contributed by atoms with van der Waals surface area (Å²) < 4.78 is 33.4. The van der Waals surface area contributed by atoms with Gasteiger partial charge < -0.3 is 14.6 Å².